The van der Waals surface area contributed by atoms with Gasteiger partial charge in [0.2, 0.25) is 11.7 Å². The summed E-state index contributed by atoms with van der Waals surface area (Å²) in [6.07, 6.45) is 10.9. The van der Waals surface area contributed by atoms with Crippen LogP contribution >= 0.6 is 11.7 Å². The molecule has 0 aromatic rings. The van der Waals surface area contributed by atoms with Gasteiger partial charge in [-0.15, -0.1) is 0 Å². The Balaban J connectivity index is 3.89. The van der Waals surface area contributed by atoms with E-state index in [1.807, 2.05) is 0 Å². The maximum absolute atomic E-state index is 11.8. The molecule has 0 saturated carbocycles. The molecule has 0 heterocycles. The molecule has 0 N–H and O–H groups in total. The van der Waals surface area contributed by atoms with Crippen molar-refractivity contribution in [3.05, 3.63) is 0 Å². The van der Waals surface area contributed by atoms with Gasteiger partial charge in [0.25, 0.3) is 0 Å². The molecule has 0 amide bonds. The van der Waals surface area contributed by atoms with E-state index >= 15 is 0 Å². The molecule has 0 fully saturated rings. The molecular formula is C18H34O6S. The van der Waals surface area contributed by atoms with Gasteiger partial charge >= 0.3 is 17.9 Å². The quantitative estimate of drug-likeness (QED) is 0.315. The fraction of sp³-hybridized carbons (Fsp3) is 0.833. The summed E-state index contributed by atoms with van der Waals surface area (Å²) in [6.45, 7) is 5.43. The van der Waals surface area contributed by atoms with Crippen molar-refractivity contribution in [2.75, 3.05) is 0 Å². The van der Waals surface area contributed by atoms with E-state index in [0.29, 0.717) is 0 Å². The second-order valence-electron chi connectivity index (χ2n) is 5.90. The summed E-state index contributed by atoms with van der Waals surface area (Å²) in [5.41, 5.74) is 0. The van der Waals surface area contributed by atoms with E-state index in [2.05, 4.69) is 6.92 Å². The number of thiol groups is 1. The first-order valence-corrected chi connectivity index (χ1v) is 10.5. The van der Waals surface area contributed by atoms with E-state index < -0.39 is 29.6 Å². The van der Waals surface area contributed by atoms with Gasteiger partial charge in [0.15, 0.2) is 0 Å². The number of hydrogen-bond acceptors (Lipinski definition) is 6. The highest BCUT2D eigenvalue weighted by atomic mass is 32.3. The Bertz CT molecular complexity index is 368. The summed E-state index contributed by atoms with van der Waals surface area (Å²) >= 11 is -2.28. The van der Waals surface area contributed by atoms with Crippen LogP contribution < -0.4 is 0 Å². The molecule has 7 heteroatoms. The average Bonchev–Trinajstić information content (AvgIpc) is 2.59. The molecule has 0 aliphatic rings. The summed E-state index contributed by atoms with van der Waals surface area (Å²) < 4.78 is 14.8. The fourth-order valence-electron chi connectivity index (χ4n) is 2.06. The van der Waals surface area contributed by atoms with Gasteiger partial charge in [-0.3, -0.25) is 14.4 Å². The molecule has 0 aromatic heterocycles. The van der Waals surface area contributed by atoms with Crippen LogP contribution in [0.15, 0.2) is 0 Å². The van der Waals surface area contributed by atoms with Gasteiger partial charge in [-0.05, 0) is 6.42 Å². The van der Waals surface area contributed by atoms with E-state index in [-0.39, 0.29) is 19.3 Å². The number of hydrogen-bond donors (Lipinski definition) is 1. The Kier molecular flexibility index (Phi) is 15.4. The van der Waals surface area contributed by atoms with Crippen LogP contribution in [-0.4, -0.2) is 17.9 Å². The third-order valence-electron chi connectivity index (χ3n) is 3.59. The van der Waals surface area contributed by atoms with Crippen LogP contribution in [0.4, 0.5) is 0 Å². The Labute approximate surface area is 154 Å². The van der Waals surface area contributed by atoms with E-state index in [4.69, 9.17) is 12.5 Å². The fourth-order valence-corrected chi connectivity index (χ4v) is 3.02. The van der Waals surface area contributed by atoms with Crippen LogP contribution in [-0.2, 0) is 26.9 Å². The van der Waals surface area contributed by atoms with Gasteiger partial charge < -0.3 is 12.5 Å². The number of rotatable bonds is 15. The molecular weight excluding hydrogens is 344 g/mol. The zero-order valence-electron chi connectivity index (χ0n) is 15.9. The van der Waals surface area contributed by atoms with Crippen LogP contribution in [0.25, 0.3) is 0 Å². The molecule has 0 aliphatic heterocycles. The lowest BCUT2D eigenvalue weighted by Crippen LogP contribution is -2.12. The maximum Gasteiger partial charge on any atom is 0.321 e. The molecule has 0 radical (unpaired) electrons. The molecule has 0 unspecified atom stereocenters. The minimum Gasteiger partial charge on any atom is -0.352 e. The molecule has 0 aliphatic carbocycles. The summed E-state index contributed by atoms with van der Waals surface area (Å²) in [6, 6.07) is 0. The molecule has 0 rings (SSSR count). The summed E-state index contributed by atoms with van der Waals surface area (Å²) in [5, 5.41) is 0. The molecule has 148 valence electrons. The van der Waals surface area contributed by atoms with Crippen molar-refractivity contribution in [2.24, 2.45) is 0 Å². The number of carbonyl (C=O) groups excluding carboxylic acids is 3. The van der Waals surface area contributed by atoms with Gasteiger partial charge in [0, 0.05) is 19.3 Å². The zero-order valence-corrected chi connectivity index (χ0v) is 16.8. The Morgan fingerprint density at radius 1 is 0.600 bits per heavy atom. The lowest BCUT2D eigenvalue weighted by molar-refractivity contribution is -0.140. The molecule has 0 atom stereocenters. The van der Waals surface area contributed by atoms with Crippen LogP contribution in [0.1, 0.15) is 97.8 Å². The standard InChI is InChI=1S/C18H34O6S/c1-4-7-8-9-10-11-12-13-14-15-18(21)24-25(22-16(19)5-2)23-17(20)6-3/h25H,4-15H2,1-3H3. The first kappa shape index (κ1) is 23.8. The smallest absolute Gasteiger partial charge is 0.321 e. The average molecular weight is 379 g/mol. The predicted molar refractivity (Wildman–Crippen MR) is 99.7 cm³/mol. The van der Waals surface area contributed by atoms with E-state index in [9.17, 15) is 14.4 Å². The largest absolute Gasteiger partial charge is 0.352 e. The van der Waals surface area contributed by atoms with Crippen molar-refractivity contribution in [3.8, 4) is 0 Å². The first-order chi connectivity index (χ1) is 12.0. The second kappa shape index (κ2) is 16.2. The normalized spacial score (nSPS) is 10.9. The molecule has 6 nitrogen and oxygen atoms in total. The van der Waals surface area contributed by atoms with E-state index in [1.165, 1.54) is 38.5 Å². The van der Waals surface area contributed by atoms with Crippen LogP contribution in [0.3, 0.4) is 0 Å². The number of unbranched alkanes of at least 4 members (excludes halogenated alkanes) is 8. The van der Waals surface area contributed by atoms with Crippen molar-refractivity contribution in [1.29, 1.82) is 0 Å². The van der Waals surface area contributed by atoms with Crippen LogP contribution in [0.2, 0.25) is 0 Å². The first-order valence-electron chi connectivity index (χ1n) is 9.45. The van der Waals surface area contributed by atoms with Gasteiger partial charge in [-0.25, -0.2) is 0 Å². The third kappa shape index (κ3) is 14.8. The highest BCUT2D eigenvalue weighted by Crippen LogP contribution is 2.31. The summed E-state index contributed by atoms with van der Waals surface area (Å²) in [5.74, 6) is -1.63. The predicted octanol–water partition coefficient (Wildman–Crippen LogP) is 5.10. The molecule has 0 bridgehead atoms. The second-order valence-corrected chi connectivity index (χ2v) is 6.89. The molecule has 0 spiro atoms. The van der Waals surface area contributed by atoms with E-state index in [1.54, 1.807) is 13.8 Å². The third-order valence-corrected chi connectivity index (χ3v) is 4.65. The van der Waals surface area contributed by atoms with Crippen molar-refractivity contribution < 1.29 is 26.9 Å². The van der Waals surface area contributed by atoms with Crippen molar-refractivity contribution in [3.63, 3.8) is 0 Å². The van der Waals surface area contributed by atoms with Crippen LogP contribution in [0, 0.1) is 0 Å². The van der Waals surface area contributed by atoms with Crippen LogP contribution in [0.5, 0.6) is 0 Å². The highest BCUT2D eigenvalue weighted by molar-refractivity contribution is 8.05. The maximum atomic E-state index is 11.8. The van der Waals surface area contributed by atoms with Crippen molar-refractivity contribution in [2.45, 2.75) is 97.8 Å². The summed E-state index contributed by atoms with van der Waals surface area (Å²) in [7, 11) is 0. The number of carbonyl (C=O) groups is 3. The Morgan fingerprint density at radius 2 is 1.00 bits per heavy atom. The Hall–Kier alpha value is -1.24. The summed E-state index contributed by atoms with van der Waals surface area (Å²) in [4.78, 5) is 34.4. The van der Waals surface area contributed by atoms with E-state index in [0.717, 1.165) is 19.3 Å². The molecule has 25 heavy (non-hydrogen) atoms. The molecule has 0 aromatic carbocycles. The zero-order chi connectivity index (χ0) is 18.9. The SMILES string of the molecule is CCCCCCCCCCCC(=O)O[SH](OC(=O)CC)OC(=O)CC. The highest BCUT2D eigenvalue weighted by Gasteiger charge is 2.18. The minimum atomic E-state index is -2.28. The van der Waals surface area contributed by atoms with Crippen molar-refractivity contribution >= 4 is 29.6 Å². The van der Waals surface area contributed by atoms with Gasteiger partial charge in [0.1, 0.15) is 0 Å². The van der Waals surface area contributed by atoms with Gasteiger partial charge in [-0.2, -0.15) is 0 Å². The Morgan fingerprint density at radius 3 is 1.44 bits per heavy atom. The molecule has 0 saturated heterocycles. The topological polar surface area (TPSA) is 78.9 Å². The van der Waals surface area contributed by atoms with Crippen molar-refractivity contribution in [1.82, 2.24) is 0 Å². The monoisotopic (exact) mass is 378 g/mol. The van der Waals surface area contributed by atoms with Gasteiger partial charge in [0.05, 0.1) is 0 Å². The lowest BCUT2D eigenvalue weighted by atomic mass is 10.1. The van der Waals surface area contributed by atoms with Gasteiger partial charge in [-0.1, -0.05) is 72.1 Å². The minimum absolute atomic E-state index is 0.123. The lowest BCUT2D eigenvalue weighted by Gasteiger charge is -2.19.